The number of nitro benzene ring substituents is 1. The van der Waals surface area contributed by atoms with E-state index in [1.807, 2.05) is 0 Å². The van der Waals surface area contributed by atoms with Crippen LogP contribution in [0.1, 0.15) is 11.1 Å². The van der Waals surface area contributed by atoms with Gasteiger partial charge in [0, 0.05) is 23.9 Å². The number of halogens is 3. The average Bonchev–Trinajstić information content (AvgIpc) is 2.46. The van der Waals surface area contributed by atoms with Gasteiger partial charge >= 0.3 is 6.36 Å². The topological polar surface area (TPSA) is 64.4 Å². The first-order valence-electron chi connectivity index (χ1n) is 6.59. The Morgan fingerprint density at radius 3 is 2.39 bits per heavy atom. The number of hydrogen-bond donors (Lipinski definition) is 1. The third-order valence-corrected chi connectivity index (χ3v) is 3.18. The SMILES string of the molecule is Cc1c(CNc2ccc(OC(F)(F)F)cc2)cccc1[N+](=O)[O-]. The zero-order chi connectivity index (χ0) is 17.0. The molecule has 2 aromatic carbocycles. The van der Waals surface area contributed by atoms with Crippen LogP contribution >= 0.6 is 0 Å². The van der Waals surface area contributed by atoms with Crippen LogP contribution in [-0.4, -0.2) is 11.3 Å². The van der Waals surface area contributed by atoms with E-state index in [9.17, 15) is 23.3 Å². The van der Waals surface area contributed by atoms with E-state index in [0.29, 0.717) is 17.8 Å². The summed E-state index contributed by atoms with van der Waals surface area (Å²) >= 11 is 0. The molecule has 0 aliphatic heterocycles. The van der Waals surface area contributed by atoms with Crippen molar-refractivity contribution in [2.45, 2.75) is 19.8 Å². The Balaban J connectivity index is 2.04. The summed E-state index contributed by atoms with van der Waals surface area (Å²) in [5, 5.41) is 13.9. The Morgan fingerprint density at radius 1 is 1.17 bits per heavy atom. The fraction of sp³-hybridized carbons (Fsp3) is 0.200. The summed E-state index contributed by atoms with van der Waals surface area (Å²) in [5.41, 5.74) is 1.88. The second-order valence-corrected chi connectivity index (χ2v) is 4.74. The molecule has 8 heteroatoms. The largest absolute Gasteiger partial charge is 0.573 e. The van der Waals surface area contributed by atoms with Gasteiger partial charge in [-0.05, 0) is 36.8 Å². The van der Waals surface area contributed by atoms with E-state index in [2.05, 4.69) is 10.1 Å². The van der Waals surface area contributed by atoms with Gasteiger partial charge in [-0.15, -0.1) is 13.2 Å². The highest BCUT2D eigenvalue weighted by Gasteiger charge is 2.30. The van der Waals surface area contributed by atoms with Crippen LogP contribution in [0.2, 0.25) is 0 Å². The number of ether oxygens (including phenoxy) is 1. The summed E-state index contributed by atoms with van der Waals surface area (Å²) in [4.78, 5) is 10.4. The maximum absolute atomic E-state index is 12.1. The predicted molar refractivity (Wildman–Crippen MR) is 78.3 cm³/mol. The molecule has 0 saturated heterocycles. The minimum atomic E-state index is -4.73. The first-order valence-corrected chi connectivity index (χ1v) is 6.59. The van der Waals surface area contributed by atoms with Crippen LogP contribution in [0.15, 0.2) is 42.5 Å². The van der Waals surface area contributed by atoms with Crippen LogP contribution in [0.5, 0.6) is 5.75 Å². The summed E-state index contributed by atoms with van der Waals surface area (Å²) in [5.74, 6) is -0.311. The van der Waals surface area contributed by atoms with Gasteiger partial charge in [0.25, 0.3) is 5.69 Å². The number of nitro groups is 1. The standard InChI is InChI=1S/C15H13F3N2O3/c1-10-11(3-2-4-14(10)20(21)22)9-19-12-5-7-13(8-6-12)23-15(16,17)18/h2-8,19H,9H2,1H3. The zero-order valence-corrected chi connectivity index (χ0v) is 12.1. The van der Waals surface area contributed by atoms with E-state index < -0.39 is 11.3 Å². The summed E-state index contributed by atoms with van der Waals surface area (Å²) in [6, 6.07) is 10.0. The highest BCUT2D eigenvalue weighted by molar-refractivity contribution is 5.49. The molecule has 0 heterocycles. The predicted octanol–water partition coefficient (Wildman–Crippen LogP) is 4.41. The van der Waals surface area contributed by atoms with Crippen LogP contribution in [-0.2, 0) is 6.54 Å². The van der Waals surface area contributed by atoms with Gasteiger partial charge in [-0.3, -0.25) is 10.1 Å². The van der Waals surface area contributed by atoms with Crippen molar-refractivity contribution in [2.75, 3.05) is 5.32 Å². The maximum atomic E-state index is 12.1. The molecule has 0 bridgehead atoms. The van der Waals surface area contributed by atoms with E-state index in [1.165, 1.54) is 30.3 Å². The van der Waals surface area contributed by atoms with E-state index >= 15 is 0 Å². The lowest BCUT2D eigenvalue weighted by Gasteiger charge is -2.11. The lowest BCUT2D eigenvalue weighted by molar-refractivity contribution is -0.385. The number of benzene rings is 2. The van der Waals surface area contributed by atoms with Gasteiger partial charge in [-0.1, -0.05) is 12.1 Å². The molecule has 0 fully saturated rings. The monoisotopic (exact) mass is 326 g/mol. The highest BCUT2D eigenvalue weighted by Crippen LogP contribution is 2.25. The third-order valence-electron chi connectivity index (χ3n) is 3.18. The first-order chi connectivity index (χ1) is 10.8. The molecule has 1 N–H and O–H groups in total. The number of anilines is 1. The van der Waals surface area contributed by atoms with Crippen molar-refractivity contribution in [3.8, 4) is 5.75 Å². The van der Waals surface area contributed by atoms with E-state index in [1.54, 1.807) is 19.1 Å². The van der Waals surface area contributed by atoms with Crippen molar-refractivity contribution in [2.24, 2.45) is 0 Å². The van der Waals surface area contributed by atoms with Gasteiger partial charge < -0.3 is 10.1 Å². The number of rotatable bonds is 5. The van der Waals surface area contributed by atoms with Crippen molar-refractivity contribution in [1.29, 1.82) is 0 Å². The molecule has 122 valence electrons. The van der Waals surface area contributed by atoms with Crippen molar-refractivity contribution < 1.29 is 22.8 Å². The third kappa shape index (κ3) is 4.60. The number of hydrogen-bond acceptors (Lipinski definition) is 4. The van der Waals surface area contributed by atoms with E-state index in [4.69, 9.17) is 0 Å². The van der Waals surface area contributed by atoms with Crippen molar-refractivity contribution in [3.05, 3.63) is 63.7 Å². The van der Waals surface area contributed by atoms with Crippen molar-refractivity contribution in [3.63, 3.8) is 0 Å². The normalized spacial score (nSPS) is 11.1. The van der Waals surface area contributed by atoms with Crippen molar-refractivity contribution in [1.82, 2.24) is 0 Å². The molecular formula is C15H13F3N2O3. The Hall–Kier alpha value is -2.77. The molecule has 0 atom stereocenters. The molecule has 2 rings (SSSR count). The van der Waals surface area contributed by atoms with Crippen LogP contribution in [0.3, 0.4) is 0 Å². The quantitative estimate of drug-likeness (QED) is 0.653. The first kappa shape index (κ1) is 16.6. The fourth-order valence-electron chi connectivity index (χ4n) is 2.03. The summed E-state index contributed by atoms with van der Waals surface area (Å²) in [6.45, 7) is 1.96. The summed E-state index contributed by atoms with van der Waals surface area (Å²) in [7, 11) is 0. The Bertz CT molecular complexity index is 700. The van der Waals surface area contributed by atoms with Gasteiger partial charge in [0.2, 0.25) is 0 Å². The Kier molecular flexibility index (Phi) is 4.73. The summed E-state index contributed by atoms with van der Waals surface area (Å²) < 4.78 is 40.0. The molecule has 0 spiro atoms. The zero-order valence-electron chi connectivity index (χ0n) is 12.1. The Morgan fingerprint density at radius 2 is 1.83 bits per heavy atom. The second kappa shape index (κ2) is 6.55. The van der Waals surface area contributed by atoms with Gasteiger partial charge in [0.15, 0.2) is 0 Å². The van der Waals surface area contributed by atoms with Crippen LogP contribution in [0.4, 0.5) is 24.5 Å². The van der Waals surface area contributed by atoms with Crippen LogP contribution in [0.25, 0.3) is 0 Å². The van der Waals surface area contributed by atoms with Gasteiger partial charge in [0.05, 0.1) is 4.92 Å². The van der Waals surface area contributed by atoms with Crippen LogP contribution < -0.4 is 10.1 Å². The molecular weight excluding hydrogens is 313 g/mol. The van der Waals surface area contributed by atoms with E-state index in [-0.39, 0.29) is 11.4 Å². The van der Waals surface area contributed by atoms with Gasteiger partial charge in [0.1, 0.15) is 5.75 Å². The minimum Gasteiger partial charge on any atom is -0.406 e. The molecule has 0 aliphatic rings. The molecule has 0 radical (unpaired) electrons. The molecule has 0 aromatic heterocycles. The smallest absolute Gasteiger partial charge is 0.406 e. The molecule has 0 saturated carbocycles. The molecule has 0 aliphatic carbocycles. The fourth-order valence-corrected chi connectivity index (χ4v) is 2.03. The lowest BCUT2D eigenvalue weighted by atomic mass is 10.1. The highest BCUT2D eigenvalue weighted by atomic mass is 19.4. The molecule has 0 unspecified atom stereocenters. The van der Waals surface area contributed by atoms with Crippen molar-refractivity contribution >= 4 is 11.4 Å². The number of alkyl halides is 3. The average molecular weight is 326 g/mol. The molecule has 0 amide bonds. The number of nitrogens with zero attached hydrogens (tertiary/aromatic N) is 1. The number of nitrogens with one attached hydrogen (secondary N) is 1. The Labute approximate surface area is 129 Å². The minimum absolute atomic E-state index is 0.0261. The second-order valence-electron chi connectivity index (χ2n) is 4.74. The molecule has 2 aromatic rings. The van der Waals surface area contributed by atoms with Gasteiger partial charge in [-0.25, -0.2) is 0 Å². The maximum Gasteiger partial charge on any atom is 0.573 e. The van der Waals surface area contributed by atoms with Gasteiger partial charge in [-0.2, -0.15) is 0 Å². The van der Waals surface area contributed by atoms with E-state index in [0.717, 1.165) is 5.56 Å². The summed E-state index contributed by atoms with van der Waals surface area (Å²) in [6.07, 6.45) is -4.73. The van der Waals surface area contributed by atoms with Crippen LogP contribution in [0, 0.1) is 17.0 Å². The lowest BCUT2D eigenvalue weighted by Crippen LogP contribution is -2.17. The molecule has 5 nitrogen and oxygen atoms in total. The molecule has 23 heavy (non-hydrogen) atoms.